The fourth-order valence-corrected chi connectivity index (χ4v) is 6.70. The molecule has 3 aromatic rings. The summed E-state index contributed by atoms with van der Waals surface area (Å²) in [7, 11) is -3.61. The van der Waals surface area contributed by atoms with Crippen LogP contribution in [0.3, 0.4) is 0 Å². The van der Waals surface area contributed by atoms with E-state index in [-0.39, 0.29) is 23.5 Å². The van der Waals surface area contributed by atoms with Crippen molar-refractivity contribution >= 4 is 32.9 Å². The second kappa shape index (κ2) is 10.2. The lowest BCUT2D eigenvalue weighted by atomic mass is 9.98. The number of aldehydes is 1. The predicted octanol–water partition coefficient (Wildman–Crippen LogP) is 3.64. The molecule has 5 rings (SSSR count). The molecule has 0 saturated carbocycles. The average molecular weight is 512 g/mol. The van der Waals surface area contributed by atoms with E-state index in [1.165, 1.54) is 0 Å². The van der Waals surface area contributed by atoms with Crippen LogP contribution in [0.2, 0.25) is 0 Å². The highest BCUT2D eigenvalue weighted by Crippen LogP contribution is 2.37. The Bertz CT molecular complexity index is 1330. The molecule has 0 N–H and O–H groups in total. The first-order valence-corrected chi connectivity index (χ1v) is 14.0. The van der Waals surface area contributed by atoms with Crippen molar-refractivity contribution in [2.45, 2.75) is 43.7 Å². The Kier molecular flexibility index (Phi) is 7.05. The van der Waals surface area contributed by atoms with E-state index in [2.05, 4.69) is 23.1 Å². The molecule has 1 aromatic heterocycles. The van der Waals surface area contributed by atoms with Gasteiger partial charge in [0, 0.05) is 49.4 Å². The van der Waals surface area contributed by atoms with E-state index in [9.17, 15) is 13.2 Å². The molecule has 8 nitrogen and oxygen atoms in total. The molecule has 2 fully saturated rings. The lowest BCUT2D eigenvalue weighted by Gasteiger charge is -2.29. The summed E-state index contributed by atoms with van der Waals surface area (Å²) in [6.07, 6.45) is 3.70. The van der Waals surface area contributed by atoms with Crippen LogP contribution in [-0.2, 0) is 26.1 Å². The molecule has 0 amide bonds. The highest BCUT2D eigenvalue weighted by atomic mass is 32.2. The van der Waals surface area contributed by atoms with Gasteiger partial charge in [0.2, 0.25) is 10.0 Å². The first kappa shape index (κ1) is 24.8. The van der Waals surface area contributed by atoms with Crippen LogP contribution >= 0.6 is 0 Å². The van der Waals surface area contributed by atoms with Gasteiger partial charge in [-0.3, -0.25) is 0 Å². The molecule has 2 aromatic carbocycles. The lowest BCUT2D eigenvalue weighted by molar-refractivity contribution is -0.108. The van der Waals surface area contributed by atoms with Crippen molar-refractivity contribution in [3.8, 4) is 5.75 Å². The first-order chi connectivity index (χ1) is 17.4. The molecule has 0 spiro atoms. The normalized spacial score (nSPS) is 19.3. The molecule has 2 aliphatic rings. The van der Waals surface area contributed by atoms with E-state index < -0.39 is 10.0 Å². The van der Waals surface area contributed by atoms with Crippen LogP contribution in [0, 0.1) is 0 Å². The number of carbonyl (C=O) groups excluding carboxylic acids is 1. The van der Waals surface area contributed by atoms with E-state index in [0.29, 0.717) is 32.1 Å². The number of hydrogen-bond acceptors (Lipinski definition) is 6. The molecule has 0 aliphatic carbocycles. The van der Waals surface area contributed by atoms with Gasteiger partial charge >= 0.3 is 0 Å². The zero-order chi connectivity index (χ0) is 25.3. The van der Waals surface area contributed by atoms with E-state index in [4.69, 9.17) is 9.47 Å². The SMILES string of the molecule is CC(C)Oc1ccc(S(=O)(=O)N2CCC(c3cn(CC=O)c4cc(N5CCOCC5)ccc34)C2)cc1. The van der Waals surface area contributed by atoms with Gasteiger partial charge in [-0.25, -0.2) is 8.42 Å². The van der Waals surface area contributed by atoms with Crippen molar-refractivity contribution in [1.82, 2.24) is 8.87 Å². The van der Waals surface area contributed by atoms with Gasteiger partial charge in [-0.05, 0) is 62.2 Å². The van der Waals surface area contributed by atoms with Crippen LogP contribution in [0.4, 0.5) is 5.69 Å². The van der Waals surface area contributed by atoms with Crippen LogP contribution in [0.15, 0.2) is 53.6 Å². The minimum absolute atomic E-state index is 0.0260. The van der Waals surface area contributed by atoms with Crippen molar-refractivity contribution in [3.05, 3.63) is 54.2 Å². The minimum atomic E-state index is -3.61. The number of morpholine rings is 1. The monoisotopic (exact) mass is 511 g/mol. The standard InChI is InChI=1S/C27H33N3O5S/c1-20(2)35-23-4-6-24(7-5-23)36(32,33)30-10-9-21(18-30)26-19-29(11-14-31)27-17-22(3-8-25(26)27)28-12-15-34-16-13-28/h3-8,14,17,19-21H,9-13,15-16,18H2,1-2H3. The van der Waals surface area contributed by atoms with Gasteiger partial charge in [0.25, 0.3) is 0 Å². The van der Waals surface area contributed by atoms with Gasteiger partial charge < -0.3 is 23.7 Å². The highest BCUT2D eigenvalue weighted by Gasteiger charge is 2.34. The smallest absolute Gasteiger partial charge is 0.243 e. The molecule has 0 radical (unpaired) electrons. The van der Waals surface area contributed by atoms with Crippen LogP contribution in [0.1, 0.15) is 31.7 Å². The molecule has 2 aliphatic heterocycles. The molecule has 1 unspecified atom stereocenters. The van der Waals surface area contributed by atoms with Crippen LogP contribution in [0.25, 0.3) is 10.9 Å². The molecule has 9 heteroatoms. The number of carbonyl (C=O) groups is 1. The second-order valence-electron chi connectivity index (χ2n) is 9.69. The molecule has 36 heavy (non-hydrogen) atoms. The molecule has 192 valence electrons. The largest absolute Gasteiger partial charge is 0.491 e. The number of fused-ring (bicyclic) bond motifs is 1. The van der Waals surface area contributed by atoms with E-state index in [1.807, 2.05) is 24.6 Å². The number of aromatic nitrogens is 1. The van der Waals surface area contributed by atoms with E-state index in [1.54, 1.807) is 28.6 Å². The molecular formula is C27H33N3O5S. The Morgan fingerprint density at radius 1 is 1.08 bits per heavy atom. The minimum Gasteiger partial charge on any atom is -0.491 e. The van der Waals surface area contributed by atoms with Gasteiger partial charge in [-0.15, -0.1) is 0 Å². The molecule has 2 saturated heterocycles. The summed E-state index contributed by atoms with van der Waals surface area (Å²) in [4.78, 5) is 14.0. The quantitative estimate of drug-likeness (QED) is 0.430. The molecule has 0 bridgehead atoms. The fourth-order valence-electron chi connectivity index (χ4n) is 5.20. The van der Waals surface area contributed by atoms with Crippen LogP contribution in [-0.4, -0.2) is 69.1 Å². The number of benzene rings is 2. The average Bonchev–Trinajstić information content (AvgIpc) is 3.50. The molecular weight excluding hydrogens is 478 g/mol. The predicted molar refractivity (Wildman–Crippen MR) is 139 cm³/mol. The Morgan fingerprint density at radius 2 is 1.83 bits per heavy atom. The lowest BCUT2D eigenvalue weighted by Crippen LogP contribution is -2.36. The van der Waals surface area contributed by atoms with Crippen molar-refractivity contribution in [2.75, 3.05) is 44.3 Å². The van der Waals surface area contributed by atoms with Crippen LogP contribution < -0.4 is 9.64 Å². The van der Waals surface area contributed by atoms with E-state index >= 15 is 0 Å². The maximum absolute atomic E-state index is 13.4. The molecule has 1 atom stereocenters. The highest BCUT2D eigenvalue weighted by molar-refractivity contribution is 7.89. The summed E-state index contributed by atoms with van der Waals surface area (Å²) in [6, 6.07) is 13.0. The number of rotatable bonds is 8. The maximum atomic E-state index is 13.4. The van der Waals surface area contributed by atoms with Crippen molar-refractivity contribution in [1.29, 1.82) is 0 Å². The second-order valence-corrected chi connectivity index (χ2v) is 11.6. The third kappa shape index (κ3) is 4.87. The number of sulfonamides is 1. The Labute approximate surface area is 212 Å². The van der Waals surface area contributed by atoms with Crippen molar-refractivity contribution in [2.24, 2.45) is 0 Å². The summed E-state index contributed by atoms with van der Waals surface area (Å²) < 4.78 is 41.4. The topological polar surface area (TPSA) is 81.1 Å². The Hall–Kier alpha value is -2.88. The first-order valence-electron chi connectivity index (χ1n) is 12.5. The van der Waals surface area contributed by atoms with Gasteiger partial charge in [0.05, 0.1) is 36.3 Å². The summed E-state index contributed by atoms with van der Waals surface area (Å²) in [5.74, 6) is 0.718. The summed E-state index contributed by atoms with van der Waals surface area (Å²) in [5.41, 5.74) is 3.21. The summed E-state index contributed by atoms with van der Waals surface area (Å²) in [5, 5.41) is 1.08. The number of anilines is 1. The zero-order valence-electron chi connectivity index (χ0n) is 20.8. The maximum Gasteiger partial charge on any atom is 0.243 e. The number of ether oxygens (including phenoxy) is 2. The zero-order valence-corrected chi connectivity index (χ0v) is 21.6. The number of nitrogens with zero attached hydrogens (tertiary/aromatic N) is 3. The summed E-state index contributed by atoms with van der Waals surface area (Å²) >= 11 is 0. The summed E-state index contributed by atoms with van der Waals surface area (Å²) in [6.45, 7) is 8.11. The van der Waals surface area contributed by atoms with Gasteiger partial charge in [0.15, 0.2) is 0 Å². The Morgan fingerprint density at radius 3 is 2.53 bits per heavy atom. The molecule has 3 heterocycles. The van der Waals surface area contributed by atoms with Gasteiger partial charge in [0.1, 0.15) is 12.0 Å². The Balaban J connectivity index is 1.39. The van der Waals surface area contributed by atoms with Gasteiger partial charge in [-0.1, -0.05) is 6.07 Å². The fraction of sp³-hybridized carbons (Fsp3) is 0.444. The van der Waals surface area contributed by atoms with E-state index in [0.717, 1.165) is 48.0 Å². The van der Waals surface area contributed by atoms with Crippen molar-refractivity contribution in [3.63, 3.8) is 0 Å². The third-order valence-electron chi connectivity index (χ3n) is 6.97. The number of hydrogen-bond donors (Lipinski definition) is 0. The van der Waals surface area contributed by atoms with Crippen LogP contribution in [0.5, 0.6) is 5.75 Å². The van der Waals surface area contributed by atoms with Crippen molar-refractivity contribution < 1.29 is 22.7 Å². The third-order valence-corrected chi connectivity index (χ3v) is 8.85. The van der Waals surface area contributed by atoms with Gasteiger partial charge in [-0.2, -0.15) is 4.31 Å².